The molecule has 0 N–H and O–H groups in total. The molecule has 2 rings (SSSR count). The molecule has 2 heterocycles. The second-order valence-corrected chi connectivity index (χ2v) is 7.61. The van der Waals surface area contributed by atoms with Crippen LogP contribution in [0.1, 0.15) is 38.5 Å². The van der Waals surface area contributed by atoms with E-state index in [2.05, 4.69) is 16.9 Å². The second kappa shape index (κ2) is 6.75. The van der Waals surface area contributed by atoms with E-state index in [-0.39, 0.29) is 12.1 Å². The molecule has 1 amide bonds. The Morgan fingerprint density at radius 3 is 2.95 bits per heavy atom. The van der Waals surface area contributed by atoms with Crippen molar-refractivity contribution >= 4 is 17.4 Å². The molecule has 21 heavy (non-hydrogen) atoms. The third-order valence-electron chi connectivity index (χ3n) is 3.44. The summed E-state index contributed by atoms with van der Waals surface area (Å²) in [5.41, 5.74) is 1.42. The molecule has 1 saturated heterocycles. The van der Waals surface area contributed by atoms with Crippen LogP contribution in [0.3, 0.4) is 0 Å². The normalized spacial score (nSPS) is 19.3. The van der Waals surface area contributed by atoms with E-state index in [0.29, 0.717) is 0 Å². The number of rotatable bonds is 4. The number of likely N-dealkylation sites (N-methyl/N-ethyl adjacent to an activating group) is 1. The third kappa shape index (κ3) is 4.97. The van der Waals surface area contributed by atoms with Crippen LogP contribution in [0.4, 0.5) is 4.79 Å². The Hall–Kier alpha value is -1.14. The molecule has 6 heteroatoms. The van der Waals surface area contributed by atoms with Crippen molar-refractivity contribution in [2.75, 3.05) is 20.1 Å². The van der Waals surface area contributed by atoms with Crippen LogP contribution in [0.25, 0.3) is 0 Å². The molecule has 1 unspecified atom stereocenters. The summed E-state index contributed by atoms with van der Waals surface area (Å²) in [5.74, 6) is 0. The number of ether oxygens (including phenoxy) is 1. The van der Waals surface area contributed by atoms with Gasteiger partial charge in [0.15, 0.2) is 0 Å². The van der Waals surface area contributed by atoms with Crippen LogP contribution in [-0.4, -0.2) is 52.7 Å². The average Bonchev–Trinajstić information content (AvgIpc) is 2.97. The molecule has 1 aromatic heterocycles. The van der Waals surface area contributed by atoms with E-state index < -0.39 is 5.60 Å². The van der Waals surface area contributed by atoms with Crippen LogP contribution in [0.2, 0.25) is 0 Å². The van der Waals surface area contributed by atoms with Crippen molar-refractivity contribution < 1.29 is 9.53 Å². The molecule has 0 spiro atoms. The van der Waals surface area contributed by atoms with Gasteiger partial charge in [0.25, 0.3) is 0 Å². The summed E-state index contributed by atoms with van der Waals surface area (Å²) in [6.07, 6.45) is 3.82. The van der Waals surface area contributed by atoms with Gasteiger partial charge < -0.3 is 9.64 Å². The molecule has 1 fully saturated rings. The highest BCUT2D eigenvalue weighted by Gasteiger charge is 2.32. The van der Waals surface area contributed by atoms with Gasteiger partial charge in [-0.05, 0) is 40.7 Å². The molecular formula is C15H25N3O2S. The monoisotopic (exact) mass is 311 g/mol. The minimum absolute atomic E-state index is 0.184. The predicted molar refractivity (Wildman–Crippen MR) is 84.4 cm³/mol. The fourth-order valence-electron chi connectivity index (χ4n) is 2.60. The zero-order valence-corrected chi connectivity index (χ0v) is 14.2. The molecule has 0 aliphatic carbocycles. The fraction of sp³-hybridized carbons (Fsp3) is 0.733. The van der Waals surface area contributed by atoms with Crippen molar-refractivity contribution in [3.05, 3.63) is 16.6 Å². The Bertz CT molecular complexity index is 456. The van der Waals surface area contributed by atoms with Crippen molar-refractivity contribution in [3.63, 3.8) is 0 Å². The SMILES string of the molecule is CN(Cc1cncs1)CC1CCCN1C(=O)OC(C)(C)C. The van der Waals surface area contributed by atoms with Gasteiger partial charge in [-0.1, -0.05) is 0 Å². The highest BCUT2D eigenvalue weighted by Crippen LogP contribution is 2.22. The maximum absolute atomic E-state index is 12.2. The number of hydrogen-bond acceptors (Lipinski definition) is 5. The maximum Gasteiger partial charge on any atom is 0.410 e. The quantitative estimate of drug-likeness (QED) is 0.857. The van der Waals surface area contributed by atoms with Crippen molar-refractivity contribution in [1.82, 2.24) is 14.8 Å². The van der Waals surface area contributed by atoms with Gasteiger partial charge in [0.2, 0.25) is 0 Å². The molecule has 0 aromatic carbocycles. The van der Waals surface area contributed by atoms with Gasteiger partial charge >= 0.3 is 6.09 Å². The van der Waals surface area contributed by atoms with E-state index >= 15 is 0 Å². The lowest BCUT2D eigenvalue weighted by Gasteiger charge is -2.30. The lowest BCUT2D eigenvalue weighted by atomic mass is 10.2. The molecule has 0 radical (unpaired) electrons. The largest absolute Gasteiger partial charge is 0.444 e. The number of hydrogen-bond donors (Lipinski definition) is 0. The summed E-state index contributed by atoms with van der Waals surface area (Å²) < 4.78 is 5.50. The van der Waals surface area contributed by atoms with Crippen LogP contribution in [0.15, 0.2) is 11.7 Å². The minimum atomic E-state index is -0.432. The summed E-state index contributed by atoms with van der Waals surface area (Å²) in [6.45, 7) is 8.28. The Kier molecular flexibility index (Phi) is 5.22. The zero-order chi connectivity index (χ0) is 15.5. The first-order valence-corrected chi connectivity index (χ1v) is 8.28. The van der Waals surface area contributed by atoms with Gasteiger partial charge in [-0.25, -0.2) is 4.79 Å². The average molecular weight is 311 g/mol. The number of amides is 1. The van der Waals surface area contributed by atoms with Gasteiger partial charge in [-0.2, -0.15) is 0 Å². The first-order valence-electron chi connectivity index (χ1n) is 7.41. The van der Waals surface area contributed by atoms with E-state index in [1.165, 1.54) is 4.88 Å². The van der Waals surface area contributed by atoms with Crippen LogP contribution < -0.4 is 0 Å². The van der Waals surface area contributed by atoms with E-state index in [0.717, 1.165) is 32.5 Å². The summed E-state index contributed by atoms with van der Waals surface area (Å²) in [5, 5.41) is 0. The molecule has 5 nitrogen and oxygen atoms in total. The number of likely N-dealkylation sites (tertiary alicyclic amines) is 1. The lowest BCUT2D eigenvalue weighted by molar-refractivity contribution is 0.0202. The summed E-state index contributed by atoms with van der Waals surface area (Å²) in [4.78, 5) is 21.7. The number of carbonyl (C=O) groups excluding carboxylic acids is 1. The second-order valence-electron chi connectivity index (χ2n) is 6.63. The first-order chi connectivity index (χ1) is 9.85. The minimum Gasteiger partial charge on any atom is -0.444 e. The molecule has 1 aliphatic heterocycles. The third-order valence-corrected chi connectivity index (χ3v) is 4.20. The fourth-order valence-corrected chi connectivity index (χ4v) is 3.27. The van der Waals surface area contributed by atoms with Gasteiger partial charge in [-0.3, -0.25) is 9.88 Å². The highest BCUT2D eigenvalue weighted by atomic mass is 32.1. The topological polar surface area (TPSA) is 45.7 Å². The summed E-state index contributed by atoms with van der Waals surface area (Å²) in [7, 11) is 2.09. The van der Waals surface area contributed by atoms with Gasteiger partial charge in [0, 0.05) is 36.8 Å². The Labute approximate surface area is 130 Å². The highest BCUT2D eigenvalue weighted by molar-refractivity contribution is 7.09. The van der Waals surface area contributed by atoms with E-state index in [1.807, 2.05) is 37.4 Å². The molecule has 0 bridgehead atoms. The summed E-state index contributed by atoms with van der Waals surface area (Å²) in [6, 6.07) is 0.248. The number of carbonyl (C=O) groups is 1. The smallest absolute Gasteiger partial charge is 0.410 e. The number of thiazole rings is 1. The van der Waals surface area contributed by atoms with Crippen molar-refractivity contribution in [2.45, 2.75) is 51.8 Å². The van der Waals surface area contributed by atoms with Crippen LogP contribution in [0, 0.1) is 0 Å². The van der Waals surface area contributed by atoms with Crippen LogP contribution >= 0.6 is 11.3 Å². The lowest BCUT2D eigenvalue weighted by Crippen LogP contribution is -2.44. The van der Waals surface area contributed by atoms with Crippen LogP contribution in [0.5, 0.6) is 0 Å². The molecule has 0 saturated carbocycles. The van der Waals surface area contributed by atoms with Crippen molar-refractivity contribution in [3.8, 4) is 0 Å². The molecule has 1 atom stereocenters. The van der Waals surface area contributed by atoms with Crippen LogP contribution in [-0.2, 0) is 11.3 Å². The standard InChI is InChI=1S/C15H25N3O2S/c1-15(2,3)20-14(19)18-7-5-6-12(18)9-17(4)10-13-8-16-11-21-13/h8,11-12H,5-7,9-10H2,1-4H3. The van der Waals surface area contributed by atoms with E-state index in [1.54, 1.807) is 11.3 Å². The van der Waals surface area contributed by atoms with Gasteiger partial charge in [0.05, 0.1) is 5.51 Å². The first kappa shape index (κ1) is 16.2. The van der Waals surface area contributed by atoms with Gasteiger partial charge in [-0.15, -0.1) is 11.3 Å². The predicted octanol–water partition coefficient (Wildman–Crippen LogP) is 2.97. The van der Waals surface area contributed by atoms with Gasteiger partial charge in [0.1, 0.15) is 5.60 Å². The van der Waals surface area contributed by atoms with E-state index in [4.69, 9.17) is 4.74 Å². The Morgan fingerprint density at radius 2 is 2.33 bits per heavy atom. The maximum atomic E-state index is 12.2. The van der Waals surface area contributed by atoms with E-state index in [9.17, 15) is 4.79 Å². The summed E-state index contributed by atoms with van der Waals surface area (Å²) >= 11 is 1.67. The Morgan fingerprint density at radius 1 is 1.57 bits per heavy atom. The molecule has 1 aromatic rings. The van der Waals surface area contributed by atoms with Crippen molar-refractivity contribution in [1.29, 1.82) is 0 Å². The molecule has 118 valence electrons. The molecular weight excluding hydrogens is 286 g/mol. The Balaban J connectivity index is 1.88. The van der Waals surface area contributed by atoms with Crippen molar-refractivity contribution in [2.24, 2.45) is 0 Å². The number of aromatic nitrogens is 1. The zero-order valence-electron chi connectivity index (χ0n) is 13.3. The number of nitrogens with zero attached hydrogens (tertiary/aromatic N) is 3. The molecule has 1 aliphatic rings.